The van der Waals surface area contributed by atoms with Crippen LogP contribution in [0.1, 0.15) is 27.7 Å². The van der Waals surface area contributed by atoms with Crippen LogP contribution in [0.5, 0.6) is 0 Å². The van der Waals surface area contributed by atoms with Crippen LogP contribution in [0.3, 0.4) is 0 Å². The second-order valence-corrected chi connectivity index (χ2v) is 5.81. The van der Waals surface area contributed by atoms with Gasteiger partial charge in [0.15, 0.2) is 5.56 Å². The summed E-state index contributed by atoms with van der Waals surface area (Å²) < 4.78 is 9.86. The van der Waals surface area contributed by atoms with E-state index < -0.39 is 17.3 Å². The molecule has 0 heterocycles. The first kappa shape index (κ1) is 18.0. The molecule has 1 N–H and O–H groups in total. The molecule has 0 aromatic rings. The Bertz CT molecular complexity index is 303. The molecule has 112 valence electrons. The maximum absolute atomic E-state index is 11.5. The van der Waals surface area contributed by atoms with Crippen LogP contribution in [-0.4, -0.2) is 54.8 Å². The highest BCUT2D eigenvalue weighted by atomic mass is 35.5. The summed E-state index contributed by atoms with van der Waals surface area (Å²) >= 11 is 5.49. The Kier molecular flexibility index (Phi) is 7.78. The molecular formula is C12H23ClN2O4. The Morgan fingerprint density at radius 2 is 1.95 bits per heavy atom. The van der Waals surface area contributed by atoms with Gasteiger partial charge in [0, 0.05) is 13.1 Å². The van der Waals surface area contributed by atoms with Crippen LogP contribution in [0.4, 0.5) is 4.79 Å². The second-order valence-electron chi connectivity index (χ2n) is 5.20. The zero-order chi connectivity index (χ0) is 15.1. The van der Waals surface area contributed by atoms with E-state index in [-0.39, 0.29) is 12.5 Å². The molecule has 1 unspecified atom stereocenters. The van der Waals surface area contributed by atoms with Gasteiger partial charge in [-0.1, -0.05) is 11.6 Å². The molecule has 1 amide bonds. The molecule has 1 atom stereocenters. The number of hydrogen-bond acceptors (Lipinski definition) is 5. The predicted molar refractivity (Wildman–Crippen MR) is 73.1 cm³/mol. The third-order valence-corrected chi connectivity index (χ3v) is 1.94. The van der Waals surface area contributed by atoms with E-state index in [1.165, 1.54) is 0 Å². The molecule has 7 heteroatoms. The Morgan fingerprint density at radius 1 is 1.37 bits per heavy atom. The van der Waals surface area contributed by atoms with E-state index in [0.29, 0.717) is 13.1 Å². The molecule has 19 heavy (non-hydrogen) atoms. The van der Waals surface area contributed by atoms with E-state index in [1.54, 1.807) is 18.9 Å². The van der Waals surface area contributed by atoms with Crippen molar-refractivity contribution in [2.75, 3.05) is 26.7 Å². The van der Waals surface area contributed by atoms with Gasteiger partial charge in [-0.25, -0.2) is 4.79 Å². The molecule has 0 aromatic heterocycles. The lowest BCUT2D eigenvalue weighted by atomic mass is 10.2. The molecular weight excluding hydrogens is 272 g/mol. The van der Waals surface area contributed by atoms with Crippen LogP contribution in [0, 0.1) is 0 Å². The van der Waals surface area contributed by atoms with Gasteiger partial charge >= 0.3 is 12.1 Å². The number of carbonyl (C=O) groups is 2. The van der Waals surface area contributed by atoms with E-state index >= 15 is 0 Å². The highest BCUT2D eigenvalue weighted by Gasteiger charge is 2.17. The third kappa shape index (κ3) is 11.8. The SMILES string of the molecule is CC(Cl)OC(=O)NCCN(C)CC(=O)OC(C)(C)C. The number of ether oxygens (including phenoxy) is 2. The highest BCUT2D eigenvalue weighted by molar-refractivity contribution is 6.19. The summed E-state index contributed by atoms with van der Waals surface area (Å²) in [5.41, 5.74) is -1.16. The summed E-state index contributed by atoms with van der Waals surface area (Å²) in [7, 11) is 1.76. The van der Waals surface area contributed by atoms with Crippen LogP contribution in [-0.2, 0) is 14.3 Å². The molecule has 0 fully saturated rings. The summed E-state index contributed by atoms with van der Waals surface area (Å²) in [6.07, 6.45) is -0.576. The Labute approximate surface area is 119 Å². The number of alkyl halides is 1. The minimum Gasteiger partial charge on any atom is -0.459 e. The van der Waals surface area contributed by atoms with Crippen LogP contribution in [0.2, 0.25) is 0 Å². The van der Waals surface area contributed by atoms with E-state index in [0.717, 1.165) is 0 Å². The van der Waals surface area contributed by atoms with Crippen molar-refractivity contribution in [3.05, 3.63) is 0 Å². The topological polar surface area (TPSA) is 67.9 Å². The normalized spacial score (nSPS) is 13.0. The van der Waals surface area contributed by atoms with Gasteiger partial charge in [-0.05, 0) is 34.7 Å². The summed E-state index contributed by atoms with van der Waals surface area (Å²) in [6.45, 7) is 8.03. The highest BCUT2D eigenvalue weighted by Crippen LogP contribution is 2.06. The van der Waals surface area contributed by atoms with Crippen molar-refractivity contribution in [1.82, 2.24) is 10.2 Å². The number of rotatable bonds is 6. The van der Waals surface area contributed by atoms with Crippen molar-refractivity contribution in [3.63, 3.8) is 0 Å². The number of amides is 1. The number of esters is 1. The largest absolute Gasteiger partial charge is 0.459 e. The van der Waals surface area contributed by atoms with Gasteiger partial charge in [-0.3, -0.25) is 9.69 Å². The fourth-order valence-corrected chi connectivity index (χ4v) is 1.29. The lowest BCUT2D eigenvalue weighted by Gasteiger charge is -2.22. The maximum atomic E-state index is 11.5. The molecule has 0 bridgehead atoms. The molecule has 0 aliphatic heterocycles. The second kappa shape index (κ2) is 8.22. The fourth-order valence-electron chi connectivity index (χ4n) is 1.21. The molecule has 0 saturated heterocycles. The predicted octanol–water partition coefficient (Wildman–Crippen LogP) is 1.57. The minimum absolute atomic E-state index is 0.167. The number of nitrogens with zero attached hydrogens (tertiary/aromatic N) is 1. The first-order valence-electron chi connectivity index (χ1n) is 6.09. The minimum atomic E-state index is -0.667. The summed E-state index contributed by atoms with van der Waals surface area (Å²) in [5.74, 6) is -0.299. The Morgan fingerprint density at radius 3 is 2.42 bits per heavy atom. The zero-order valence-corrected chi connectivity index (χ0v) is 12.9. The molecule has 0 aliphatic carbocycles. The van der Waals surface area contributed by atoms with Crippen molar-refractivity contribution >= 4 is 23.7 Å². The molecule has 6 nitrogen and oxygen atoms in total. The van der Waals surface area contributed by atoms with Crippen molar-refractivity contribution in [2.24, 2.45) is 0 Å². The zero-order valence-electron chi connectivity index (χ0n) is 12.2. The van der Waals surface area contributed by atoms with Crippen molar-refractivity contribution in [1.29, 1.82) is 0 Å². The van der Waals surface area contributed by atoms with Crippen molar-refractivity contribution in [3.8, 4) is 0 Å². The molecule has 0 aliphatic rings. The van der Waals surface area contributed by atoms with Gasteiger partial charge in [-0.15, -0.1) is 0 Å². The monoisotopic (exact) mass is 294 g/mol. The van der Waals surface area contributed by atoms with Crippen LogP contribution >= 0.6 is 11.6 Å². The standard InChI is InChI=1S/C12H23ClN2O4/c1-9(13)18-11(17)14-6-7-15(5)8-10(16)19-12(2,3)4/h9H,6-8H2,1-5H3,(H,14,17). The van der Waals surface area contributed by atoms with Crippen LogP contribution < -0.4 is 5.32 Å². The van der Waals surface area contributed by atoms with Gasteiger partial charge in [0.05, 0.1) is 6.54 Å². The number of carbonyl (C=O) groups excluding carboxylic acids is 2. The Balaban J connectivity index is 3.78. The summed E-state index contributed by atoms with van der Waals surface area (Å²) in [5, 5.41) is 2.53. The van der Waals surface area contributed by atoms with E-state index in [2.05, 4.69) is 10.1 Å². The maximum Gasteiger partial charge on any atom is 0.408 e. The molecule has 0 spiro atoms. The van der Waals surface area contributed by atoms with Crippen LogP contribution in [0.25, 0.3) is 0 Å². The quantitative estimate of drug-likeness (QED) is 0.595. The van der Waals surface area contributed by atoms with Gasteiger partial charge in [-0.2, -0.15) is 0 Å². The molecule has 0 rings (SSSR count). The lowest BCUT2D eigenvalue weighted by molar-refractivity contribution is -0.155. The third-order valence-electron chi connectivity index (χ3n) is 1.85. The Hall–Kier alpha value is -1.01. The van der Waals surface area contributed by atoms with Gasteiger partial charge in [0.1, 0.15) is 5.60 Å². The van der Waals surface area contributed by atoms with Gasteiger partial charge in [0.2, 0.25) is 0 Å². The molecule has 0 aromatic carbocycles. The first-order chi connectivity index (χ1) is 8.60. The number of alkyl carbamates (subject to hydrolysis) is 1. The smallest absolute Gasteiger partial charge is 0.408 e. The van der Waals surface area contributed by atoms with E-state index in [1.807, 2.05) is 20.8 Å². The number of hydrogen-bond donors (Lipinski definition) is 1. The average molecular weight is 295 g/mol. The summed E-state index contributed by atoms with van der Waals surface area (Å²) in [6, 6.07) is 0. The fraction of sp³-hybridized carbons (Fsp3) is 0.833. The first-order valence-corrected chi connectivity index (χ1v) is 6.53. The lowest BCUT2D eigenvalue weighted by Crippen LogP contribution is -2.38. The summed E-state index contributed by atoms with van der Waals surface area (Å²) in [4.78, 5) is 24.4. The molecule has 0 saturated carbocycles. The number of likely N-dealkylation sites (N-methyl/N-ethyl adjacent to an activating group) is 1. The van der Waals surface area contributed by atoms with E-state index in [4.69, 9.17) is 16.3 Å². The number of halogens is 1. The van der Waals surface area contributed by atoms with Crippen molar-refractivity contribution < 1.29 is 19.1 Å². The van der Waals surface area contributed by atoms with Gasteiger partial charge < -0.3 is 14.8 Å². The van der Waals surface area contributed by atoms with Gasteiger partial charge in [0.25, 0.3) is 0 Å². The average Bonchev–Trinajstić information content (AvgIpc) is 2.12. The molecule has 0 radical (unpaired) electrons. The van der Waals surface area contributed by atoms with Crippen LogP contribution in [0.15, 0.2) is 0 Å². The number of nitrogens with one attached hydrogen (secondary N) is 1. The van der Waals surface area contributed by atoms with Crippen molar-refractivity contribution in [2.45, 2.75) is 38.9 Å². The van der Waals surface area contributed by atoms with E-state index in [9.17, 15) is 9.59 Å².